The summed E-state index contributed by atoms with van der Waals surface area (Å²) in [7, 11) is 0. The topological polar surface area (TPSA) is 65.0 Å². The summed E-state index contributed by atoms with van der Waals surface area (Å²) in [6.07, 6.45) is 8.45. The maximum atomic E-state index is 6.36. The number of hydrogen-bond acceptors (Lipinski definition) is 5. The van der Waals surface area contributed by atoms with E-state index in [9.17, 15) is 0 Å². The van der Waals surface area contributed by atoms with Gasteiger partial charge in [-0.2, -0.15) is 0 Å². The standard InChI is InChI=1S/C56H43N3O2/c1-33-9-2-3-10-43(33)40-26-39(37-17-20-42(21-18-37)56-30-34-23-35(31-56)25-36(24-34)32-56)27-41(28-40)54-57-53(38-19-22-50-47(29-38)44-11-4-6-14-48(44)60-50)58-55(59-54)46-13-8-16-51-52(46)45-12-5-7-15-49(45)61-51/h2-22,26-29,34-36H,23-25,30-32H2,1H3. The molecule has 5 nitrogen and oxygen atoms in total. The quantitative estimate of drug-likeness (QED) is 0.168. The van der Waals surface area contributed by atoms with Crippen LogP contribution in [0.3, 0.4) is 0 Å². The first kappa shape index (κ1) is 35.0. The van der Waals surface area contributed by atoms with Crippen LogP contribution in [0.15, 0.2) is 160 Å². The van der Waals surface area contributed by atoms with Crippen LogP contribution in [0, 0.1) is 24.7 Å². The molecule has 0 spiro atoms. The van der Waals surface area contributed by atoms with Crippen molar-refractivity contribution in [2.24, 2.45) is 17.8 Å². The maximum absolute atomic E-state index is 6.36. The van der Waals surface area contributed by atoms with Gasteiger partial charge in [0, 0.05) is 38.2 Å². The lowest BCUT2D eigenvalue weighted by molar-refractivity contribution is -0.00518. The predicted molar refractivity (Wildman–Crippen MR) is 246 cm³/mol. The normalized spacial score (nSPS) is 20.7. The number of rotatable bonds is 6. The van der Waals surface area contributed by atoms with Gasteiger partial charge in [-0.3, -0.25) is 0 Å². The monoisotopic (exact) mass is 789 g/mol. The molecule has 14 rings (SSSR count). The zero-order valence-electron chi connectivity index (χ0n) is 34.1. The summed E-state index contributed by atoms with van der Waals surface area (Å²) >= 11 is 0. The molecular weight excluding hydrogens is 747 g/mol. The molecule has 5 heteroatoms. The molecule has 7 aromatic carbocycles. The molecule has 4 fully saturated rings. The van der Waals surface area contributed by atoms with Gasteiger partial charge in [0.15, 0.2) is 17.5 Å². The second-order valence-electron chi connectivity index (χ2n) is 18.3. The van der Waals surface area contributed by atoms with Crippen molar-refractivity contribution < 1.29 is 8.83 Å². The summed E-state index contributed by atoms with van der Waals surface area (Å²) in [4.78, 5) is 16.0. The first-order valence-corrected chi connectivity index (χ1v) is 21.9. The minimum atomic E-state index is 0.355. The number of para-hydroxylation sites is 2. The minimum absolute atomic E-state index is 0.355. The SMILES string of the molecule is Cc1ccccc1-c1cc(-c2ccc(C34CC5CC(CC(C5)C3)C4)cc2)cc(-c2nc(-c3ccc4oc5ccccc5c4c3)nc(-c3cccc4oc5ccccc5c34)n2)c1. The number of hydrogen-bond donors (Lipinski definition) is 0. The molecule has 61 heavy (non-hydrogen) atoms. The van der Waals surface area contributed by atoms with Crippen molar-refractivity contribution >= 4 is 43.9 Å². The van der Waals surface area contributed by atoms with Gasteiger partial charge in [0.25, 0.3) is 0 Å². The van der Waals surface area contributed by atoms with Crippen molar-refractivity contribution in [2.75, 3.05) is 0 Å². The lowest BCUT2D eigenvalue weighted by Gasteiger charge is -2.57. The van der Waals surface area contributed by atoms with Crippen molar-refractivity contribution in [2.45, 2.75) is 50.9 Å². The lowest BCUT2D eigenvalue weighted by atomic mass is 9.48. The summed E-state index contributed by atoms with van der Waals surface area (Å²) < 4.78 is 12.6. The van der Waals surface area contributed by atoms with Crippen LogP contribution >= 0.6 is 0 Å². The van der Waals surface area contributed by atoms with Crippen LogP contribution in [0.4, 0.5) is 0 Å². The summed E-state index contributed by atoms with van der Waals surface area (Å²) in [5.74, 6) is 4.54. The Morgan fingerprint density at radius 1 is 0.426 bits per heavy atom. The lowest BCUT2D eigenvalue weighted by Crippen LogP contribution is -2.48. The third-order valence-electron chi connectivity index (χ3n) is 14.4. The third-order valence-corrected chi connectivity index (χ3v) is 14.4. The summed E-state index contributed by atoms with van der Waals surface area (Å²) in [5.41, 5.74) is 13.8. The number of benzene rings is 7. The van der Waals surface area contributed by atoms with E-state index in [4.69, 9.17) is 23.8 Å². The highest BCUT2D eigenvalue weighted by Crippen LogP contribution is 2.60. The number of aromatic nitrogens is 3. The Hall–Kier alpha value is -6.85. The molecule has 0 saturated heterocycles. The van der Waals surface area contributed by atoms with E-state index in [1.807, 2.05) is 42.5 Å². The van der Waals surface area contributed by atoms with E-state index in [0.717, 1.165) is 89.4 Å². The molecule has 4 bridgehead atoms. The molecular formula is C56H43N3O2. The molecule has 0 aliphatic heterocycles. The molecule has 294 valence electrons. The summed E-state index contributed by atoms with van der Waals surface area (Å²) in [6, 6.07) is 53.9. The molecule has 0 atom stereocenters. The van der Waals surface area contributed by atoms with E-state index in [0.29, 0.717) is 22.9 Å². The average molecular weight is 790 g/mol. The Kier molecular flexibility index (Phi) is 7.64. The van der Waals surface area contributed by atoms with Gasteiger partial charge in [0.2, 0.25) is 0 Å². The van der Waals surface area contributed by atoms with Gasteiger partial charge in [0.1, 0.15) is 22.3 Å². The van der Waals surface area contributed by atoms with Crippen molar-refractivity contribution in [3.05, 3.63) is 163 Å². The fourth-order valence-electron chi connectivity index (χ4n) is 12.0. The van der Waals surface area contributed by atoms with Crippen LogP contribution in [0.1, 0.15) is 49.7 Å². The van der Waals surface area contributed by atoms with Gasteiger partial charge in [-0.05, 0) is 157 Å². The van der Waals surface area contributed by atoms with Gasteiger partial charge in [0.05, 0.1) is 0 Å². The fourth-order valence-corrected chi connectivity index (χ4v) is 12.0. The second kappa shape index (κ2) is 13.3. The largest absolute Gasteiger partial charge is 0.456 e. The van der Waals surface area contributed by atoms with Crippen molar-refractivity contribution in [1.29, 1.82) is 0 Å². The van der Waals surface area contributed by atoms with Crippen LogP contribution in [0.5, 0.6) is 0 Å². The molecule has 10 aromatic rings. The van der Waals surface area contributed by atoms with Gasteiger partial charge in [-0.1, -0.05) is 97.1 Å². The van der Waals surface area contributed by atoms with Crippen molar-refractivity contribution in [1.82, 2.24) is 15.0 Å². The average Bonchev–Trinajstić information content (AvgIpc) is 3.87. The molecule has 4 aliphatic carbocycles. The predicted octanol–water partition coefficient (Wildman–Crippen LogP) is 14.8. The van der Waals surface area contributed by atoms with Gasteiger partial charge in [-0.25, -0.2) is 15.0 Å². The smallest absolute Gasteiger partial charge is 0.164 e. The highest BCUT2D eigenvalue weighted by molar-refractivity contribution is 6.12. The van der Waals surface area contributed by atoms with Crippen LogP contribution in [-0.2, 0) is 5.41 Å². The van der Waals surface area contributed by atoms with Gasteiger partial charge < -0.3 is 8.83 Å². The highest BCUT2D eigenvalue weighted by atomic mass is 16.3. The first-order valence-electron chi connectivity index (χ1n) is 21.9. The van der Waals surface area contributed by atoms with E-state index >= 15 is 0 Å². The Balaban J connectivity index is 1.01. The van der Waals surface area contributed by atoms with Crippen molar-refractivity contribution in [3.63, 3.8) is 0 Å². The molecule has 4 aliphatic rings. The zero-order chi connectivity index (χ0) is 40.2. The molecule has 0 N–H and O–H groups in total. The fraction of sp³-hybridized carbons (Fsp3) is 0.196. The Labute approximate surface area is 354 Å². The molecule has 0 unspecified atom stereocenters. The third kappa shape index (κ3) is 5.70. The Bertz CT molecular complexity index is 3340. The van der Waals surface area contributed by atoms with Gasteiger partial charge in [-0.15, -0.1) is 0 Å². The summed E-state index contributed by atoms with van der Waals surface area (Å²) in [6.45, 7) is 2.19. The molecule has 3 heterocycles. The van der Waals surface area contributed by atoms with Crippen LogP contribution in [0.25, 0.3) is 100 Å². The number of nitrogens with zero attached hydrogens (tertiary/aromatic N) is 3. The minimum Gasteiger partial charge on any atom is -0.456 e. The van der Waals surface area contributed by atoms with E-state index in [-0.39, 0.29) is 0 Å². The van der Waals surface area contributed by atoms with E-state index < -0.39 is 0 Å². The first-order chi connectivity index (χ1) is 30.0. The molecule has 0 radical (unpaired) electrons. The van der Waals surface area contributed by atoms with Crippen LogP contribution in [0.2, 0.25) is 0 Å². The van der Waals surface area contributed by atoms with Crippen molar-refractivity contribution in [3.8, 4) is 56.4 Å². The Morgan fingerprint density at radius 2 is 0.984 bits per heavy atom. The molecule has 0 amide bonds. The number of furan rings is 2. The van der Waals surface area contributed by atoms with Crippen LogP contribution in [-0.4, -0.2) is 15.0 Å². The van der Waals surface area contributed by atoms with E-state index in [2.05, 4.69) is 116 Å². The van der Waals surface area contributed by atoms with E-state index in [1.54, 1.807) is 5.56 Å². The van der Waals surface area contributed by atoms with E-state index in [1.165, 1.54) is 55.2 Å². The molecule has 3 aromatic heterocycles. The number of aryl methyl sites for hydroxylation is 1. The van der Waals surface area contributed by atoms with Gasteiger partial charge >= 0.3 is 0 Å². The highest BCUT2D eigenvalue weighted by Gasteiger charge is 2.51. The van der Waals surface area contributed by atoms with Crippen LogP contribution < -0.4 is 0 Å². The second-order valence-corrected chi connectivity index (χ2v) is 18.3. The maximum Gasteiger partial charge on any atom is 0.164 e. The Morgan fingerprint density at radius 3 is 1.75 bits per heavy atom. The number of fused-ring (bicyclic) bond motifs is 6. The zero-order valence-corrected chi connectivity index (χ0v) is 34.1. The molecule has 4 saturated carbocycles. The summed E-state index contributed by atoms with van der Waals surface area (Å²) in [5, 5.41) is 4.11.